The summed E-state index contributed by atoms with van der Waals surface area (Å²) in [5.74, 6) is -1.58. The van der Waals surface area contributed by atoms with E-state index in [4.69, 9.17) is 4.98 Å². The molecule has 2 aromatic heterocycles. The van der Waals surface area contributed by atoms with Gasteiger partial charge in [0.05, 0.1) is 0 Å². The van der Waals surface area contributed by atoms with Crippen LogP contribution in [0, 0.1) is 0 Å². The largest absolute Gasteiger partial charge is 0.480 e. The lowest BCUT2D eigenvalue weighted by Gasteiger charge is -2.32. The molecule has 0 bridgehead atoms. The van der Waals surface area contributed by atoms with Crippen molar-refractivity contribution in [2.45, 2.75) is 82.6 Å². The number of aliphatic carboxylic acids is 1. The van der Waals surface area contributed by atoms with Gasteiger partial charge in [-0.05, 0) is 43.7 Å². The van der Waals surface area contributed by atoms with Gasteiger partial charge < -0.3 is 20.6 Å². The van der Waals surface area contributed by atoms with Gasteiger partial charge in [-0.3, -0.25) is 0 Å². The van der Waals surface area contributed by atoms with Crippen molar-refractivity contribution in [3.8, 4) is 0 Å². The number of anilines is 3. The maximum absolute atomic E-state index is 13.4. The van der Waals surface area contributed by atoms with Crippen molar-refractivity contribution < 1.29 is 18.7 Å². The van der Waals surface area contributed by atoms with Crippen LogP contribution in [-0.2, 0) is 17.6 Å². The molecule has 2 aliphatic rings. The smallest absolute Gasteiger partial charge is 0.326 e. The summed E-state index contributed by atoms with van der Waals surface area (Å²) < 4.78 is 26.9. The highest BCUT2D eigenvalue weighted by Crippen LogP contribution is 2.30. The second-order valence-electron chi connectivity index (χ2n) is 9.79. The van der Waals surface area contributed by atoms with Gasteiger partial charge in [0, 0.05) is 44.2 Å². The average Bonchev–Trinajstić information content (AvgIpc) is 2.87. The number of hydrogen-bond acceptors (Lipinski definition) is 7. The molecule has 196 valence electrons. The molecule has 2 aromatic rings. The number of rotatable bonds is 12. The molecule has 4 heterocycles. The zero-order chi connectivity index (χ0) is 25.4. The molecule has 4 rings (SSSR count). The SMILES string of the molecule is O=C(O)[C@H](CCCCCCCc1ccc2c(n1)NCCC2)Nc1cc(N2CCC(F)(F)CC2)ncn1. The van der Waals surface area contributed by atoms with E-state index in [-0.39, 0.29) is 25.9 Å². The van der Waals surface area contributed by atoms with Crippen molar-refractivity contribution in [2.75, 3.05) is 35.2 Å². The molecule has 1 saturated heterocycles. The number of halogens is 2. The van der Waals surface area contributed by atoms with Gasteiger partial charge in [0.25, 0.3) is 5.92 Å². The standard InChI is InChI=1S/C26H36F2N6O2/c27-26(28)12-15-34(16-13-26)23-17-22(30-18-31-23)33-21(25(35)36)9-5-3-1-2-4-8-20-11-10-19-7-6-14-29-24(19)32-20/h10-11,17-18,21H,1-9,12-16H2,(H,29,32)(H,35,36)(H,30,31,33)/t21-/m0/s1. The van der Waals surface area contributed by atoms with Gasteiger partial charge in [0.15, 0.2) is 0 Å². The van der Waals surface area contributed by atoms with Crippen molar-refractivity contribution in [3.05, 3.63) is 35.8 Å². The van der Waals surface area contributed by atoms with E-state index in [1.54, 1.807) is 11.0 Å². The summed E-state index contributed by atoms with van der Waals surface area (Å²) in [7, 11) is 0. The summed E-state index contributed by atoms with van der Waals surface area (Å²) >= 11 is 0. The third-order valence-corrected chi connectivity index (χ3v) is 6.97. The first kappa shape index (κ1) is 26.0. The Balaban J connectivity index is 1.16. The highest BCUT2D eigenvalue weighted by molar-refractivity contribution is 5.77. The maximum atomic E-state index is 13.4. The third-order valence-electron chi connectivity index (χ3n) is 6.97. The van der Waals surface area contributed by atoms with Crippen LogP contribution in [0.5, 0.6) is 0 Å². The van der Waals surface area contributed by atoms with Gasteiger partial charge in [-0.1, -0.05) is 31.7 Å². The van der Waals surface area contributed by atoms with Crippen LogP contribution < -0.4 is 15.5 Å². The molecule has 0 radical (unpaired) electrons. The Bertz CT molecular complexity index is 1010. The van der Waals surface area contributed by atoms with Crippen LogP contribution in [0.3, 0.4) is 0 Å². The molecule has 10 heteroatoms. The predicted molar refractivity (Wildman–Crippen MR) is 136 cm³/mol. The van der Waals surface area contributed by atoms with Crippen LogP contribution in [0.2, 0.25) is 0 Å². The normalized spacial score (nSPS) is 17.7. The van der Waals surface area contributed by atoms with Crippen LogP contribution in [-0.4, -0.2) is 57.6 Å². The van der Waals surface area contributed by atoms with Crippen LogP contribution in [0.1, 0.15) is 69.0 Å². The monoisotopic (exact) mass is 502 g/mol. The number of unbranched alkanes of at least 4 members (excludes halogenated alkanes) is 4. The molecular weight excluding hydrogens is 466 g/mol. The highest BCUT2D eigenvalue weighted by atomic mass is 19.3. The van der Waals surface area contributed by atoms with Crippen LogP contribution >= 0.6 is 0 Å². The fourth-order valence-electron chi connectivity index (χ4n) is 4.79. The molecular formula is C26H36F2N6O2. The number of pyridine rings is 1. The lowest BCUT2D eigenvalue weighted by atomic mass is 10.0. The Morgan fingerprint density at radius 3 is 2.72 bits per heavy atom. The Morgan fingerprint density at radius 1 is 1.14 bits per heavy atom. The van der Waals surface area contributed by atoms with Gasteiger partial charge in [-0.15, -0.1) is 0 Å². The topological polar surface area (TPSA) is 103 Å². The second-order valence-corrected chi connectivity index (χ2v) is 9.79. The van der Waals surface area contributed by atoms with Gasteiger partial charge in [0.2, 0.25) is 0 Å². The highest BCUT2D eigenvalue weighted by Gasteiger charge is 2.34. The van der Waals surface area contributed by atoms with E-state index in [1.165, 1.54) is 11.9 Å². The number of fused-ring (bicyclic) bond motifs is 1. The molecule has 8 nitrogen and oxygen atoms in total. The summed E-state index contributed by atoms with van der Waals surface area (Å²) in [6.07, 6.45) is 9.59. The van der Waals surface area contributed by atoms with Gasteiger partial charge in [-0.25, -0.2) is 28.5 Å². The molecule has 0 spiro atoms. The number of hydrogen-bond donors (Lipinski definition) is 3. The number of carboxylic acids is 1. The van der Waals surface area contributed by atoms with Crippen molar-refractivity contribution in [1.82, 2.24) is 15.0 Å². The number of aryl methyl sites for hydroxylation is 2. The van der Waals surface area contributed by atoms with E-state index in [2.05, 4.69) is 32.7 Å². The van der Waals surface area contributed by atoms with E-state index < -0.39 is 17.9 Å². The minimum Gasteiger partial charge on any atom is -0.480 e. The molecule has 0 unspecified atom stereocenters. The van der Waals surface area contributed by atoms with Gasteiger partial charge in [-0.2, -0.15) is 0 Å². The zero-order valence-corrected chi connectivity index (χ0v) is 20.7. The Morgan fingerprint density at radius 2 is 1.92 bits per heavy atom. The fraction of sp³-hybridized carbons (Fsp3) is 0.615. The number of alkyl halides is 2. The van der Waals surface area contributed by atoms with Gasteiger partial charge >= 0.3 is 5.97 Å². The van der Waals surface area contributed by atoms with E-state index in [9.17, 15) is 18.7 Å². The third kappa shape index (κ3) is 7.48. The minimum atomic E-state index is -2.63. The van der Waals surface area contributed by atoms with Crippen molar-refractivity contribution >= 4 is 23.4 Å². The van der Waals surface area contributed by atoms with E-state index in [0.29, 0.717) is 18.1 Å². The summed E-state index contributed by atoms with van der Waals surface area (Å²) in [6.45, 7) is 1.42. The molecule has 0 aromatic carbocycles. The summed E-state index contributed by atoms with van der Waals surface area (Å²) in [4.78, 5) is 26.6. The number of aromatic nitrogens is 3. The summed E-state index contributed by atoms with van der Waals surface area (Å²) in [6, 6.07) is 5.21. The molecule has 1 atom stereocenters. The molecule has 0 amide bonds. The van der Waals surface area contributed by atoms with E-state index in [1.807, 2.05) is 0 Å². The number of carboxylic acid groups (broad SMARTS) is 1. The predicted octanol–water partition coefficient (Wildman–Crippen LogP) is 4.91. The number of nitrogens with one attached hydrogen (secondary N) is 2. The average molecular weight is 503 g/mol. The lowest BCUT2D eigenvalue weighted by Crippen LogP contribution is -2.39. The van der Waals surface area contributed by atoms with Crippen molar-refractivity contribution in [1.29, 1.82) is 0 Å². The Kier molecular flexibility index (Phi) is 8.88. The van der Waals surface area contributed by atoms with Crippen LogP contribution in [0.25, 0.3) is 0 Å². The summed E-state index contributed by atoms with van der Waals surface area (Å²) in [5, 5.41) is 16.0. The van der Waals surface area contributed by atoms with Crippen molar-refractivity contribution in [3.63, 3.8) is 0 Å². The fourth-order valence-corrected chi connectivity index (χ4v) is 4.79. The van der Waals surface area contributed by atoms with E-state index >= 15 is 0 Å². The lowest BCUT2D eigenvalue weighted by molar-refractivity contribution is -0.138. The first-order valence-corrected chi connectivity index (χ1v) is 13.1. The number of nitrogens with zero attached hydrogens (tertiary/aromatic N) is 4. The molecule has 36 heavy (non-hydrogen) atoms. The maximum Gasteiger partial charge on any atom is 0.326 e. The minimum absolute atomic E-state index is 0.210. The molecule has 0 saturated carbocycles. The first-order chi connectivity index (χ1) is 17.4. The number of piperidine rings is 1. The molecule has 0 aliphatic carbocycles. The first-order valence-electron chi connectivity index (χ1n) is 13.1. The van der Waals surface area contributed by atoms with Crippen LogP contribution in [0.15, 0.2) is 24.5 Å². The van der Waals surface area contributed by atoms with Gasteiger partial charge in [0.1, 0.15) is 29.8 Å². The molecule has 3 N–H and O–H groups in total. The van der Waals surface area contributed by atoms with Crippen molar-refractivity contribution in [2.24, 2.45) is 0 Å². The van der Waals surface area contributed by atoms with Crippen LogP contribution in [0.4, 0.5) is 26.2 Å². The Labute approximate surface area is 210 Å². The zero-order valence-electron chi connectivity index (χ0n) is 20.7. The number of carbonyl (C=O) groups is 1. The molecule has 1 fully saturated rings. The second kappa shape index (κ2) is 12.3. The summed E-state index contributed by atoms with van der Waals surface area (Å²) in [5.41, 5.74) is 2.43. The van der Waals surface area contributed by atoms with E-state index in [0.717, 1.165) is 69.4 Å². The quantitative estimate of drug-likeness (QED) is 0.352. The molecule has 2 aliphatic heterocycles. The Hall–Kier alpha value is -3.04.